The lowest BCUT2D eigenvalue weighted by Crippen LogP contribution is -2.23. The summed E-state index contributed by atoms with van der Waals surface area (Å²) in [6.07, 6.45) is -0.307. The van der Waals surface area contributed by atoms with E-state index in [0.717, 1.165) is 0 Å². The monoisotopic (exact) mass is 136 g/mol. The number of halogens is 1. The molecule has 2 fully saturated rings. The van der Waals surface area contributed by atoms with Crippen molar-refractivity contribution < 1.29 is 14.2 Å². The van der Waals surface area contributed by atoms with Gasteiger partial charge in [0, 0.05) is 0 Å². The van der Waals surface area contributed by atoms with Crippen LogP contribution in [0.15, 0.2) is 0 Å². The van der Waals surface area contributed by atoms with E-state index in [2.05, 4.69) is 0 Å². The SMILES string of the molecule is ClC12OCCOC1O2. The second-order valence-electron chi connectivity index (χ2n) is 1.75. The molecule has 4 heteroatoms. The Hall–Kier alpha value is 0.170. The molecule has 46 valence electrons. The maximum Gasteiger partial charge on any atom is 0.304 e. The van der Waals surface area contributed by atoms with Crippen LogP contribution >= 0.6 is 11.6 Å². The van der Waals surface area contributed by atoms with Crippen molar-refractivity contribution in [3.63, 3.8) is 0 Å². The van der Waals surface area contributed by atoms with E-state index in [1.54, 1.807) is 0 Å². The molecule has 8 heavy (non-hydrogen) atoms. The number of fused-ring (bicyclic) bond motifs is 1. The molecule has 3 nitrogen and oxygen atoms in total. The van der Waals surface area contributed by atoms with Gasteiger partial charge in [-0.2, -0.15) is 0 Å². The van der Waals surface area contributed by atoms with Gasteiger partial charge >= 0.3 is 5.25 Å². The number of alkyl halides is 1. The molecule has 0 amide bonds. The van der Waals surface area contributed by atoms with Gasteiger partial charge in [0.15, 0.2) is 0 Å². The highest BCUT2D eigenvalue weighted by Gasteiger charge is 2.61. The van der Waals surface area contributed by atoms with Crippen molar-refractivity contribution in [2.75, 3.05) is 13.2 Å². The van der Waals surface area contributed by atoms with Gasteiger partial charge in [-0.3, -0.25) is 4.74 Å². The zero-order chi connectivity index (χ0) is 5.61. The van der Waals surface area contributed by atoms with Crippen LogP contribution in [0.4, 0.5) is 0 Å². The van der Waals surface area contributed by atoms with Crippen LogP contribution in [0.3, 0.4) is 0 Å². The summed E-state index contributed by atoms with van der Waals surface area (Å²) in [4.78, 5) is 0. The first kappa shape index (κ1) is 4.99. The van der Waals surface area contributed by atoms with Crippen molar-refractivity contribution in [2.24, 2.45) is 0 Å². The predicted octanol–water partition coefficient (Wildman–Crippen LogP) is 0.282. The second kappa shape index (κ2) is 1.36. The Morgan fingerprint density at radius 1 is 1.50 bits per heavy atom. The van der Waals surface area contributed by atoms with Gasteiger partial charge in [-0.1, -0.05) is 11.6 Å². The second-order valence-corrected chi connectivity index (χ2v) is 2.28. The summed E-state index contributed by atoms with van der Waals surface area (Å²) >= 11 is 5.58. The Labute approximate surface area is 51.5 Å². The van der Waals surface area contributed by atoms with E-state index in [4.69, 9.17) is 25.8 Å². The first-order chi connectivity index (χ1) is 3.81. The molecule has 2 atom stereocenters. The summed E-state index contributed by atoms with van der Waals surface area (Å²) in [5.41, 5.74) is 0. The number of hydrogen-bond donors (Lipinski definition) is 0. The largest absolute Gasteiger partial charge is 0.344 e. The third kappa shape index (κ3) is 0.559. The van der Waals surface area contributed by atoms with Crippen molar-refractivity contribution in [3.05, 3.63) is 0 Å². The van der Waals surface area contributed by atoms with Crippen LogP contribution in [-0.2, 0) is 14.2 Å². The molecule has 0 radical (unpaired) electrons. The van der Waals surface area contributed by atoms with Gasteiger partial charge in [0.1, 0.15) is 0 Å². The number of rotatable bonds is 0. The topological polar surface area (TPSA) is 31.0 Å². The standard InChI is InChI=1S/C4H5ClO3/c5-4-3(8-4)6-1-2-7-4/h3H,1-2H2. The maximum absolute atomic E-state index is 5.58. The van der Waals surface area contributed by atoms with Crippen molar-refractivity contribution in [2.45, 2.75) is 11.5 Å². The smallest absolute Gasteiger partial charge is 0.304 e. The lowest BCUT2D eigenvalue weighted by molar-refractivity contribution is -0.0565. The Kier molecular flexibility index (Phi) is 0.849. The summed E-state index contributed by atoms with van der Waals surface area (Å²) < 4.78 is 14.7. The number of epoxide rings is 1. The molecular weight excluding hydrogens is 131 g/mol. The summed E-state index contributed by atoms with van der Waals surface area (Å²) in [5, 5.41) is -0.905. The molecule has 0 bridgehead atoms. The number of hydrogen-bond acceptors (Lipinski definition) is 3. The lowest BCUT2D eigenvalue weighted by atomic mass is 10.6. The molecule has 0 aromatic carbocycles. The fraction of sp³-hybridized carbons (Fsp3) is 1.00. The highest BCUT2D eigenvalue weighted by Crippen LogP contribution is 2.44. The van der Waals surface area contributed by atoms with Crippen LogP contribution in [-0.4, -0.2) is 24.8 Å². The molecule has 2 aliphatic heterocycles. The van der Waals surface area contributed by atoms with E-state index >= 15 is 0 Å². The molecule has 0 N–H and O–H groups in total. The van der Waals surface area contributed by atoms with Gasteiger partial charge in [-0.25, -0.2) is 0 Å². The molecule has 2 saturated heterocycles. The molecule has 0 spiro atoms. The van der Waals surface area contributed by atoms with Gasteiger partial charge in [-0.05, 0) is 0 Å². The average molecular weight is 137 g/mol. The van der Waals surface area contributed by atoms with Gasteiger partial charge in [0.25, 0.3) is 0 Å². The van der Waals surface area contributed by atoms with E-state index in [-0.39, 0.29) is 6.29 Å². The molecular formula is C4H5ClO3. The van der Waals surface area contributed by atoms with Crippen molar-refractivity contribution in [1.82, 2.24) is 0 Å². The Morgan fingerprint density at radius 3 is 2.88 bits per heavy atom. The van der Waals surface area contributed by atoms with Gasteiger partial charge in [0.2, 0.25) is 6.29 Å². The van der Waals surface area contributed by atoms with E-state index < -0.39 is 5.25 Å². The van der Waals surface area contributed by atoms with Crippen LogP contribution in [0.1, 0.15) is 0 Å². The molecule has 0 saturated carbocycles. The highest BCUT2D eigenvalue weighted by atomic mass is 35.5. The minimum Gasteiger partial charge on any atom is -0.344 e. The Morgan fingerprint density at radius 2 is 2.38 bits per heavy atom. The maximum atomic E-state index is 5.58. The molecule has 0 aromatic heterocycles. The van der Waals surface area contributed by atoms with Crippen LogP contribution in [0.5, 0.6) is 0 Å². The predicted molar refractivity (Wildman–Crippen MR) is 25.4 cm³/mol. The minimum absolute atomic E-state index is 0.307. The summed E-state index contributed by atoms with van der Waals surface area (Å²) in [6, 6.07) is 0. The molecule has 2 heterocycles. The fourth-order valence-corrected chi connectivity index (χ4v) is 0.905. The highest BCUT2D eigenvalue weighted by molar-refractivity contribution is 6.23. The van der Waals surface area contributed by atoms with E-state index in [9.17, 15) is 0 Å². The van der Waals surface area contributed by atoms with Gasteiger partial charge < -0.3 is 9.47 Å². The minimum atomic E-state index is -0.905. The van der Waals surface area contributed by atoms with Crippen LogP contribution in [0.2, 0.25) is 0 Å². The van der Waals surface area contributed by atoms with Crippen molar-refractivity contribution >= 4 is 11.6 Å². The van der Waals surface area contributed by atoms with E-state index in [1.165, 1.54) is 0 Å². The van der Waals surface area contributed by atoms with Crippen LogP contribution < -0.4 is 0 Å². The zero-order valence-corrected chi connectivity index (χ0v) is 4.85. The summed E-state index contributed by atoms with van der Waals surface area (Å²) in [6.45, 7) is 1.11. The van der Waals surface area contributed by atoms with E-state index in [1.807, 2.05) is 0 Å². The summed E-state index contributed by atoms with van der Waals surface area (Å²) in [5.74, 6) is 0. The third-order valence-corrected chi connectivity index (χ3v) is 1.52. The Balaban J connectivity index is 2.04. The molecule has 0 aromatic rings. The number of ether oxygens (including phenoxy) is 3. The Bertz CT molecular complexity index is 116. The third-order valence-electron chi connectivity index (χ3n) is 1.14. The lowest BCUT2D eigenvalue weighted by Gasteiger charge is -2.10. The zero-order valence-electron chi connectivity index (χ0n) is 4.09. The quantitative estimate of drug-likeness (QED) is 0.354. The van der Waals surface area contributed by atoms with Crippen LogP contribution in [0.25, 0.3) is 0 Å². The van der Waals surface area contributed by atoms with Gasteiger partial charge in [0.05, 0.1) is 13.2 Å². The van der Waals surface area contributed by atoms with Crippen LogP contribution in [0, 0.1) is 0 Å². The average Bonchev–Trinajstić information content (AvgIpc) is 2.39. The fourth-order valence-electron chi connectivity index (χ4n) is 0.684. The molecule has 2 aliphatic rings. The van der Waals surface area contributed by atoms with E-state index in [0.29, 0.717) is 13.2 Å². The molecule has 0 aliphatic carbocycles. The van der Waals surface area contributed by atoms with Crippen molar-refractivity contribution in [3.8, 4) is 0 Å². The van der Waals surface area contributed by atoms with Crippen molar-refractivity contribution in [1.29, 1.82) is 0 Å². The van der Waals surface area contributed by atoms with Gasteiger partial charge in [-0.15, -0.1) is 0 Å². The summed E-state index contributed by atoms with van der Waals surface area (Å²) in [7, 11) is 0. The normalized spacial score (nSPS) is 52.9. The first-order valence-corrected chi connectivity index (χ1v) is 2.81. The molecule has 2 unspecified atom stereocenters. The molecule has 2 rings (SSSR count). The first-order valence-electron chi connectivity index (χ1n) is 2.43.